The Morgan fingerprint density at radius 1 is 1.21 bits per heavy atom. The number of H-pyrrole nitrogens is 1. The molecule has 8 nitrogen and oxygen atoms in total. The van der Waals surface area contributed by atoms with E-state index in [9.17, 15) is 13.2 Å². The van der Waals surface area contributed by atoms with Crippen LogP contribution < -0.4 is 4.72 Å². The van der Waals surface area contributed by atoms with Crippen LogP contribution in [-0.4, -0.2) is 54.0 Å². The highest BCUT2D eigenvalue weighted by atomic mass is 35.5. The number of carbonyl (C=O) groups is 1. The number of nitrogens with one attached hydrogen (secondary N) is 2. The zero-order chi connectivity index (χ0) is 20.4. The van der Waals surface area contributed by atoms with Crippen LogP contribution in [0.3, 0.4) is 0 Å². The number of nitrogens with zero attached hydrogens (tertiary/aromatic N) is 3. The lowest BCUT2D eigenvalue weighted by Gasteiger charge is -2.31. The number of aromatic amines is 1. The van der Waals surface area contributed by atoms with Crippen LogP contribution in [0.15, 0.2) is 29.2 Å². The molecule has 1 saturated heterocycles. The summed E-state index contributed by atoms with van der Waals surface area (Å²) in [7, 11) is -3.68. The van der Waals surface area contributed by atoms with E-state index < -0.39 is 10.0 Å². The summed E-state index contributed by atoms with van der Waals surface area (Å²) in [6.45, 7) is 1.34. The maximum atomic E-state index is 12.5. The topological polar surface area (TPSA) is 108 Å². The van der Waals surface area contributed by atoms with E-state index in [1.165, 1.54) is 25.0 Å². The third kappa shape index (κ3) is 4.96. The summed E-state index contributed by atoms with van der Waals surface area (Å²) in [5.41, 5.74) is 0. The first-order chi connectivity index (χ1) is 13.9. The molecule has 2 N–H and O–H groups in total. The Bertz CT molecular complexity index is 981. The van der Waals surface area contributed by atoms with Gasteiger partial charge in [0.2, 0.25) is 15.9 Å². The molecule has 0 bridgehead atoms. The van der Waals surface area contributed by atoms with Crippen molar-refractivity contribution in [3.63, 3.8) is 0 Å². The fraction of sp³-hybridized carbons (Fsp3) is 0.526. The molecule has 1 saturated carbocycles. The first-order valence-electron chi connectivity index (χ1n) is 9.87. The molecule has 0 radical (unpaired) electrons. The van der Waals surface area contributed by atoms with Crippen molar-refractivity contribution in [1.29, 1.82) is 0 Å². The van der Waals surface area contributed by atoms with E-state index in [0.29, 0.717) is 29.9 Å². The van der Waals surface area contributed by atoms with Gasteiger partial charge < -0.3 is 4.90 Å². The number of amides is 1. The van der Waals surface area contributed by atoms with Crippen LogP contribution in [0.25, 0.3) is 0 Å². The second kappa shape index (κ2) is 8.41. The summed E-state index contributed by atoms with van der Waals surface area (Å²) in [5.74, 6) is 2.62. The standard InChI is InChI=1S/C19H24ClN5O3S/c20-15-2-1-3-16(12-15)29(27,28)21-9-6-17(26)25-10-7-14(8-11-25)19-22-18(23-24-19)13-4-5-13/h1-3,12-14,21H,4-11H2,(H,22,23,24). The molecule has 2 aliphatic rings. The predicted octanol–water partition coefficient (Wildman–Crippen LogP) is 2.41. The average molecular weight is 438 g/mol. The Balaban J connectivity index is 1.23. The van der Waals surface area contributed by atoms with Gasteiger partial charge in [-0.05, 0) is 43.9 Å². The largest absolute Gasteiger partial charge is 0.343 e. The van der Waals surface area contributed by atoms with Gasteiger partial charge in [0, 0.05) is 42.9 Å². The molecule has 1 aromatic heterocycles. The van der Waals surface area contributed by atoms with Gasteiger partial charge >= 0.3 is 0 Å². The number of hydrogen-bond acceptors (Lipinski definition) is 5. The highest BCUT2D eigenvalue weighted by Crippen LogP contribution is 2.38. The minimum absolute atomic E-state index is 0.0477. The molecule has 2 fully saturated rings. The molecule has 0 unspecified atom stereocenters. The van der Waals surface area contributed by atoms with E-state index in [1.54, 1.807) is 17.0 Å². The number of sulfonamides is 1. The van der Waals surface area contributed by atoms with Crippen molar-refractivity contribution < 1.29 is 13.2 Å². The van der Waals surface area contributed by atoms with Crippen molar-refractivity contribution >= 4 is 27.5 Å². The summed E-state index contributed by atoms with van der Waals surface area (Å²) >= 11 is 5.85. The minimum atomic E-state index is -3.68. The highest BCUT2D eigenvalue weighted by Gasteiger charge is 2.30. The number of hydrogen-bond donors (Lipinski definition) is 2. The lowest BCUT2D eigenvalue weighted by atomic mass is 9.96. The Labute approximate surface area is 175 Å². The molecule has 29 heavy (non-hydrogen) atoms. The van der Waals surface area contributed by atoms with Crippen molar-refractivity contribution in [3.8, 4) is 0 Å². The van der Waals surface area contributed by atoms with Crippen LogP contribution in [0.5, 0.6) is 0 Å². The first kappa shape index (κ1) is 20.3. The number of halogens is 1. The minimum Gasteiger partial charge on any atom is -0.343 e. The third-order valence-electron chi connectivity index (χ3n) is 5.43. The van der Waals surface area contributed by atoms with Crippen molar-refractivity contribution in [2.45, 2.75) is 48.8 Å². The summed E-state index contributed by atoms with van der Waals surface area (Å²) < 4.78 is 27.0. The van der Waals surface area contributed by atoms with Crippen LogP contribution in [0, 0.1) is 0 Å². The Morgan fingerprint density at radius 3 is 2.66 bits per heavy atom. The van der Waals surface area contributed by atoms with Gasteiger partial charge in [0.05, 0.1) is 4.90 Å². The Kier molecular flexibility index (Phi) is 5.89. The normalized spacial score (nSPS) is 18.2. The molecular formula is C19H24ClN5O3S. The second-order valence-corrected chi connectivity index (χ2v) is 9.82. The molecule has 2 aromatic rings. The smallest absolute Gasteiger partial charge is 0.240 e. The molecule has 1 aromatic carbocycles. The number of piperidine rings is 1. The van der Waals surface area contributed by atoms with E-state index in [2.05, 4.69) is 19.9 Å². The van der Waals surface area contributed by atoms with E-state index in [1.807, 2.05) is 0 Å². The molecule has 1 aliphatic carbocycles. The van der Waals surface area contributed by atoms with Gasteiger partial charge in [-0.3, -0.25) is 9.89 Å². The van der Waals surface area contributed by atoms with Gasteiger partial charge in [0.15, 0.2) is 5.82 Å². The molecule has 10 heteroatoms. The molecular weight excluding hydrogens is 414 g/mol. The van der Waals surface area contributed by atoms with Crippen LogP contribution in [0.1, 0.15) is 55.6 Å². The summed E-state index contributed by atoms with van der Waals surface area (Å²) in [6.07, 6.45) is 4.13. The van der Waals surface area contributed by atoms with E-state index in [-0.39, 0.29) is 23.8 Å². The molecule has 1 amide bonds. The van der Waals surface area contributed by atoms with Crippen LogP contribution >= 0.6 is 11.6 Å². The van der Waals surface area contributed by atoms with E-state index >= 15 is 0 Å². The third-order valence-corrected chi connectivity index (χ3v) is 7.13. The lowest BCUT2D eigenvalue weighted by Crippen LogP contribution is -2.39. The van der Waals surface area contributed by atoms with Gasteiger partial charge in [0.25, 0.3) is 0 Å². The van der Waals surface area contributed by atoms with Gasteiger partial charge in [-0.15, -0.1) is 0 Å². The molecule has 1 aliphatic heterocycles. The van der Waals surface area contributed by atoms with Crippen molar-refractivity contribution in [2.75, 3.05) is 19.6 Å². The monoisotopic (exact) mass is 437 g/mol. The van der Waals surface area contributed by atoms with Crippen LogP contribution in [0.2, 0.25) is 5.02 Å². The zero-order valence-corrected chi connectivity index (χ0v) is 17.5. The van der Waals surface area contributed by atoms with Crippen LogP contribution in [-0.2, 0) is 14.8 Å². The average Bonchev–Trinajstić information content (AvgIpc) is 3.45. The maximum absolute atomic E-state index is 12.5. The number of likely N-dealkylation sites (tertiary alicyclic amines) is 1. The van der Waals surface area contributed by atoms with Gasteiger partial charge in [0.1, 0.15) is 5.82 Å². The Hall–Kier alpha value is -1.97. The number of carbonyl (C=O) groups excluding carboxylic acids is 1. The first-order valence-corrected chi connectivity index (χ1v) is 11.7. The number of rotatable bonds is 7. The Morgan fingerprint density at radius 2 is 1.97 bits per heavy atom. The number of aromatic nitrogens is 3. The fourth-order valence-corrected chi connectivity index (χ4v) is 4.90. The van der Waals surface area contributed by atoms with Crippen molar-refractivity contribution in [2.24, 2.45) is 0 Å². The number of benzene rings is 1. The van der Waals surface area contributed by atoms with Gasteiger partial charge in [-0.1, -0.05) is 17.7 Å². The molecule has 4 rings (SSSR count). The van der Waals surface area contributed by atoms with Gasteiger partial charge in [-0.2, -0.15) is 5.10 Å². The lowest BCUT2D eigenvalue weighted by molar-refractivity contribution is -0.132. The van der Waals surface area contributed by atoms with Crippen LogP contribution in [0.4, 0.5) is 0 Å². The van der Waals surface area contributed by atoms with Crippen molar-refractivity contribution in [3.05, 3.63) is 40.9 Å². The van der Waals surface area contributed by atoms with E-state index in [4.69, 9.17) is 11.6 Å². The zero-order valence-electron chi connectivity index (χ0n) is 16.0. The highest BCUT2D eigenvalue weighted by molar-refractivity contribution is 7.89. The van der Waals surface area contributed by atoms with Crippen molar-refractivity contribution in [1.82, 2.24) is 24.8 Å². The quantitative estimate of drug-likeness (QED) is 0.691. The molecule has 2 heterocycles. The summed E-state index contributed by atoms with van der Waals surface area (Å²) in [5, 5.41) is 7.72. The second-order valence-electron chi connectivity index (χ2n) is 7.61. The van der Waals surface area contributed by atoms with Gasteiger partial charge in [-0.25, -0.2) is 18.1 Å². The molecule has 0 atom stereocenters. The SMILES string of the molecule is O=C(CCNS(=O)(=O)c1cccc(Cl)c1)N1CCC(c2nc(C3CC3)n[nH]2)CC1. The fourth-order valence-electron chi connectivity index (χ4n) is 3.56. The maximum Gasteiger partial charge on any atom is 0.240 e. The molecule has 0 spiro atoms. The molecule has 156 valence electrons. The summed E-state index contributed by atoms with van der Waals surface area (Å²) in [6, 6.07) is 6.04. The predicted molar refractivity (Wildman–Crippen MR) is 108 cm³/mol. The van der Waals surface area contributed by atoms with E-state index in [0.717, 1.165) is 24.5 Å². The summed E-state index contributed by atoms with van der Waals surface area (Å²) in [4.78, 5) is 19.0.